The molecule has 3 rings (SSSR count). The maximum absolute atomic E-state index is 13.8. The van der Waals surface area contributed by atoms with Crippen molar-refractivity contribution in [2.75, 3.05) is 16.4 Å². The SMILES string of the molecule is Cn1cc(Nc2ncc(Cl)c(Nc3cc(N)ccc3F)n2)cn1. The number of halogens is 2. The van der Waals surface area contributed by atoms with Crippen molar-refractivity contribution < 1.29 is 4.39 Å². The molecule has 2 aromatic heterocycles. The molecule has 7 nitrogen and oxygen atoms in total. The van der Waals surface area contributed by atoms with Gasteiger partial charge in [0, 0.05) is 18.9 Å². The van der Waals surface area contributed by atoms with Crippen LogP contribution in [-0.2, 0) is 7.05 Å². The van der Waals surface area contributed by atoms with Crippen molar-refractivity contribution in [2.45, 2.75) is 0 Å². The summed E-state index contributed by atoms with van der Waals surface area (Å²) in [6.07, 6.45) is 4.81. The lowest BCUT2D eigenvalue weighted by Crippen LogP contribution is -2.02. The highest BCUT2D eigenvalue weighted by Gasteiger charge is 2.10. The maximum Gasteiger partial charge on any atom is 0.229 e. The molecule has 0 saturated heterocycles. The molecule has 9 heteroatoms. The van der Waals surface area contributed by atoms with Gasteiger partial charge < -0.3 is 16.4 Å². The average Bonchev–Trinajstić information content (AvgIpc) is 2.91. The lowest BCUT2D eigenvalue weighted by atomic mass is 10.2. The fourth-order valence-corrected chi connectivity index (χ4v) is 2.03. The summed E-state index contributed by atoms with van der Waals surface area (Å²) in [5.74, 6) is 0.0995. The predicted molar refractivity (Wildman–Crippen MR) is 87.6 cm³/mol. The molecule has 0 atom stereocenters. The van der Waals surface area contributed by atoms with Crippen LogP contribution in [0.5, 0.6) is 0 Å². The molecule has 0 fully saturated rings. The normalized spacial score (nSPS) is 10.6. The number of nitrogen functional groups attached to an aromatic ring is 1. The number of anilines is 5. The van der Waals surface area contributed by atoms with E-state index in [0.717, 1.165) is 5.69 Å². The molecule has 2 heterocycles. The van der Waals surface area contributed by atoms with E-state index in [1.807, 2.05) is 0 Å². The van der Waals surface area contributed by atoms with E-state index in [4.69, 9.17) is 17.3 Å². The summed E-state index contributed by atoms with van der Waals surface area (Å²) in [7, 11) is 1.80. The van der Waals surface area contributed by atoms with Gasteiger partial charge in [-0.05, 0) is 18.2 Å². The van der Waals surface area contributed by atoms with Gasteiger partial charge in [-0.2, -0.15) is 10.1 Å². The first-order valence-corrected chi connectivity index (χ1v) is 6.99. The summed E-state index contributed by atoms with van der Waals surface area (Å²) in [5.41, 5.74) is 6.98. The zero-order valence-corrected chi connectivity index (χ0v) is 12.8. The second-order valence-electron chi connectivity index (χ2n) is 4.78. The molecule has 0 bridgehead atoms. The molecule has 23 heavy (non-hydrogen) atoms. The molecule has 118 valence electrons. The van der Waals surface area contributed by atoms with Crippen LogP contribution < -0.4 is 16.4 Å². The van der Waals surface area contributed by atoms with Crippen molar-refractivity contribution in [1.82, 2.24) is 19.7 Å². The maximum atomic E-state index is 13.8. The van der Waals surface area contributed by atoms with Gasteiger partial charge in [0.1, 0.15) is 10.8 Å². The third-order valence-electron chi connectivity index (χ3n) is 2.95. The molecule has 1 aromatic carbocycles. The van der Waals surface area contributed by atoms with Gasteiger partial charge in [-0.3, -0.25) is 4.68 Å². The minimum absolute atomic E-state index is 0.179. The van der Waals surface area contributed by atoms with E-state index in [9.17, 15) is 4.39 Å². The number of hydrogen-bond donors (Lipinski definition) is 3. The number of nitrogens with zero attached hydrogens (tertiary/aromatic N) is 4. The summed E-state index contributed by atoms with van der Waals surface area (Å²) in [6.45, 7) is 0. The molecule has 0 spiro atoms. The standard InChI is InChI=1S/C14H13ClFN7/c1-23-7-9(5-19-23)20-14-18-6-10(15)13(22-14)21-12-4-8(17)2-3-11(12)16/h2-7H,17H2,1H3,(H2,18,20,21,22). The van der Waals surface area contributed by atoms with Crippen LogP contribution >= 0.6 is 11.6 Å². The van der Waals surface area contributed by atoms with Gasteiger partial charge >= 0.3 is 0 Å². The van der Waals surface area contributed by atoms with Crippen LogP contribution in [0, 0.1) is 5.82 Å². The largest absolute Gasteiger partial charge is 0.399 e. The molecular formula is C14H13ClFN7. The zero-order valence-electron chi connectivity index (χ0n) is 12.1. The highest BCUT2D eigenvalue weighted by atomic mass is 35.5. The Bertz CT molecular complexity index is 849. The van der Waals surface area contributed by atoms with E-state index >= 15 is 0 Å². The molecule has 0 aliphatic heterocycles. The van der Waals surface area contributed by atoms with Crippen LogP contribution in [0.15, 0.2) is 36.8 Å². The Hall–Kier alpha value is -2.87. The summed E-state index contributed by atoms with van der Waals surface area (Å²) in [5, 5.41) is 10.1. The second-order valence-corrected chi connectivity index (χ2v) is 5.19. The van der Waals surface area contributed by atoms with E-state index in [0.29, 0.717) is 11.6 Å². The van der Waals surface area contributed by atoms with Crippen molar-refractivity contribution in [3.63, 3.8) is 0 Å². The van der Waals surface area contributed by atoms with Gasteiger partial charge in [0.05, 0.1) is 23.8 Å². The molecule has 0 unspecified atom stereocenters. The summed E-state index contributed by atoms with van der Waals surface area (Å²) >= 11 is 6.06. The second kappa shape index (κ2) is 6.09. The van der Waals surface area contributed by atoms with Crippen LogP contribution in [0.4, 0.5) is 33.2 Å². The topological polar surface area (TPSA) is 93.7 Å². The summed E-state index contributed by atoms with van der Waals surface area (Å²) in [4.78, 5) is 8.31. The van der Waals surface area contributed by atoms with Crippen molar-refractivity contribution in [1.29, 1.82) is 0 Å². The summed E-state index contributed by atoms with van der Waals surface area (Å²) < 4.78 is 15.4. The number of nitrogens with two attached hydrogens (primary N) is 1. The van der Waals surface area contributed by atoms with E-state index in [1.54, 1.807) is 24.1 Å². The molecule has 0 aliphatic rings. The third kappa shape index (κ3) is 3.49. The summed E-state index contributed by atoms with van der Waals surface area (Å²) in [6, 6.07) is 4.20. The van der Waals surface area contributed by atoms with E-state index < -0.39 is 5.82 Å². The number of nitrogens with one attached hydrogen (secondary N) is 2. The Balaban J connectivity index is 1.87. The van der Waals surface area contributed by atoms with Crippen molar-refractivity contribution >= 4 is 40.4 Å². The lowest BCUT2D eigenvalue weighted by molar-refractivity contribution is 0.632. The van der Waals surface area contributed by atoms with E-state index in [1.165, 1.54) is 24.4 Å². The van der Waals surface area contributed by atoms with Gasteiger partial charge in [0.15, 0.2) is 5.82 Å². The monoisotopic (exact) mass is 333 g/mol. The van der Waals surface area contributed by atoms with Gasteiger partial charge in [-0.15, -0.1) is 0 Å². The Morgan fingerprint density at radius 1 is 1.26 bits per heavy atom. The van der Waals surface area contributed by atoms with Gasteiger partial charge in [0.25, 0.3) is 0 Å². The van der Waals surface area contributed by atoms with Crippen molar-refractivity contribution in [3.05, 3.63) is 47.6 Å². The Kier molecular flexibility index (Phi) is 3.98. The molecular weight excluding hydrogens is 321 g/mol. The van der Waals surface area contributed by atoms with Crippen molar-refractivity contribution in [2.24, 2.45) is 7.05 Å². The fraction of sp³-hybridized carbons (Fsp3) is 0.0714. The van der Waals surface area contributed by atoms with Gasteiger partial charge in [-0.1, -0.05) is 11.6 Å². The first-order chi connectivity index (χ1) is 11.0. The molecule has 0 saturated carbocycles. The Morgan fingerprint density at radius 2 is 2.09 bits per heavy atom. The Morgan fingerprint density at radius 3 is 2.83 bits per heavy atom. The van der Waals surface area contributed by atoms with Crippen LogP contribution in [0.2, 0.25) is 5.02 Å². The van der Waals surface area contributed by atoms with Gasteiger partial charge in [-0.25, -0.2) is 9.37 Å². The minimum Gasteiger partial charge on any atom is -0.399 e. The number of hydrogen-bond acceptors (Lipinski definition) is 6. The van der Waals surface area contributed by atoms with E-state index in [2.05, 4.69) is 25.7 Å². The number of aryl methyl sites for hydroxylation is 1. The van der Waals surface area contributed by atoms with Gasteiger partial charge in [0.2, 0.25) is 5.95 Å². The first kappa shape index (κ1) is 15.0. The van der Waals surface area contributed by atoms with Crippen LogP contribution in [0.1, 0.15) is 0 Å². The van der Waals surface area contributed by atoms with Crippen LogP contribution in [0.3, 0.4) is 0 Å². The number of aromatic nitrogens is 4. The van der Waals surface area contributed by atoms with Crippen molar-refractivity contribution in [3.8, 4) is 0 Å². The zero-order chi connectivity index (χ0) is 16.4. The Labute approximate surface area is 136 Å². The lowest BCUT2D eigenvalue weighted by Gasteiger charge is -2.10. The minimum atomic E-state index is -0.462. The highest BCUT2D eigenvalue weighted by molar-refractivity contribution is 6.32. The predicted octanol–water partition coefficient (Wildman–Crippen LogP) is 3.07. The smallest absolute Gasteiger partial charge is 0.229 e. The third-order valence-corrected chi connectivity index (χ3v) is 3.23. The highest BCUT2D eigenvalue weighted by Crippen LogP contribution is 2.27. The number of benzene rings is 1. The molecule has 0 radical (unpaired) electrons. The van der Waals surface area contributed by atoms with Crippen LogP contribution in [0.25, 0.3) is 0 Å². The van der Waals surface area contributed by atoms with E-state index in [-0.39, 0.29) is 16.5 Å². The molecule has 4 N–H and O–H groups in total. The number of rotatable bonds is 4. The quantitative estimate of drug-likeness (QED) is 0.635. The molecule has 0 aliphatic carbocycles. The molecule has 3 aromatic rings. The molecule has 0 amide bonds. The average molecular weight is 334 g/mol. The first-order valence-electron chi connectivity index (χ1n) is 6.61. The fourth-order valence-electron chi connectivity index (χ4n) is 1.90. The van der Waals surface area contributed by atoms with Crippen LogP contribution in [-0.4, -0.2) is 19.7 Å².